The van der Waals surface area contributed by atoms with Crippen molar-refractivity contribution in [1.82, 2.24) is 10.0 Å². The third kappa shape index (κ3) is 6.20. The van der Waals surface area contributed by atoms with Crippen LogP contribution in [-0.4, -0.2) is 33.6 Å². The molecule has 30 heavy (non-hydrogen) atoms. The molecule has 1 amide bonds. The highest BCUT2D eigenvalue weighted by Gasteiger charge is 2.24. The van der Waals surface area contributed by atoms with Crippen molar-refractivity contribution < 1.29 is 22.7 Å². The molecule has 0 atom stereocenters. The van der Waals surface area contributed by atoms with Gasteiger partial charge in [-0.15, -0.1) is 0 Å². The Labute approximate surface area is 186 Å². The number of carbonyl (C=O) groups excluding carboxylic acids is 1. The molecule has 164 valence electrons. The zero-order valence-electron chi connectivity index (χ0n) is 17.7. The Bertz CT molecular complexity index is 1020. The predicted octanol–water partition coefficient (Wildman–Crippen LogP) is 3.86. The minimum atomic E-state index is -3.74. The van der Waals surface area contributed by atoms with Crippen LogP contribution in [-0.2, 0) is 16.6 Å². The van der Waals surface area contributed by atoms with E-state index in [1.54, 1.807) is 51.1 Å². The number of amides is 1. The summed E-state index contributed by atoms with van der Waals surface area (Å²) in [5.74, 6) is 0.572. The van der Waals surface area contributed by atoms with Gasteiger partial charge in [-0.1, -0.05) is 18.2 Å². The molecule has 0 fully saturated rings. The Balaban J connectivity index is 2.25. The molecular weight excluding hydrogens is 472 g/mol. The minimum Gasteiger partial charge on any atom is -0.493 e. The zero-order chi connectivity index (χ0) is 22.5. The van der Waals surface area contributed by atoms with Crippen LogP contribution in [0.1, 0.15) is 43.6 Å². The molecule has 0 saturated carbocycles. The van der Waals surface area contributed by atoms with Crippen LogP contribution in [0.4, 0.5) is 0 Å². The number of hydrogen-bond acceptors (Lipinski definition) is 5. The van der Waals surface area contributed by atoms with Gasteiger partial charge in [-0.3, -0.25) is 4.79 Å². The van der Waals surface area contributed by atoms with Gasteiger partial charge in [0.2, 0.25) is 10.0 Å². The summed E-state index contributed by atoms with van der Waals surface area (Å²) in [4.78, 5) is 12.8. The molecule has 0 spiro atoms. The average Bonchev–Trinajstić information content (AvgIpc) is 2.65. The van der Waals surface area contributed by atoms with Crippen molar-refractivity contribution in [1.29, 1.82) is 0 Å². The summed E-state index contributed by atoms with van der Waals surface area (Å²) < 4.78 is 39.6. The fourth-order valence-electron chi connectivity index (χ4n) is 2.78. The van der Waals surface area contributed by atoms with Gasteiger partial charge in [0, 0.05) is 17.6 Å². The van der Waals surface area contributed by atoms with Crippen molar-refractivity contribution in [2.75, 3.05) is 13.7 Å². The third-order valence-corrected chi connectivity index (χ3v) is 6.37. The number of rotatable bonds is 8. The van der Waals surface area contributed by atoms with E-state index < -0.39 is 15.6 Å². The predicted molar refractivity (Wildman–Crippen MR) is 120 cm³/mol. The lowest BCUT2D eigenvalue weighted by atomic mass is 10.1. The van der Waals surface area contributed by atoms with Crippen molar-refractivity contribution in [3.63, 3.8) is 0 Å². The molecule has 2 aromatic carbocycles. The summed E-state index contributed by atoms with van der Waals surface area (Å²) in [6, 6.07) is 9.78. The Morgan fingerprint density at radius 2 is 1.83 bits per heavy atom. The molecule has 0 aliphatic heterocycles. The molecule has 0 aromatic heterocycles. The first-order chi connectivity index (χ1) is 14.0. The third-order valence-electron chi connectivity index (χ3n) is 3.92. The van der Waals surface area contributed by atoms with Crippen LogP contribution >= 0.6 is 15.9 Å². The molecule has 2 rings (SSSR count). The molecule has 0 unspecified atom stereocenters. The number of hydrogen-bond donors (Lipinski definition) is 2. The number of benzene rings is 2. The van der Waals surface area contributed by atoms with Gasteiger partial charge >= 0.3 is 0 Å². The first-order valence-corrected chi connectivity index (χ1v) is 11.7. The molecule has 2 N–H and O–H groups in total. The van der Waals surface area contributed by atoms with Crippen LogP contribution < -0.4 is 19.5 Å². The molecule has 0 aliphatic rings. The van der Waals surface area contributed by atoms with Gasteiger partial charge in [-0.25, -0.2) is 13.1 Å². The van der Waals surface area contributed by atoms with Crippen LogP contribution in [0.2, 0.25) is 0 Å². The lowest BCUT2D eigenvalue weighted by molar-refractivity contribution is 0.0950. The van der Waals surface area contributed by atoms with E-state index in [2.05, 4.69) is 26.0 Å². The van der Waals surface area contributed by atoms with Crippen molar-refractivity contribution in [2.24, 2.45) is 0 Å². The maximum absolute atomic E-state index is 12.8. The van der Waals surface area contributed by atoms with E-state index >= 15 is 0 Å². The van der Waals surface area contributed by atoms with E-state index in [0.717, 1.165) is 0 Å². The summed E-state index contributed by atoms with van der Waals surface area (Å²) in [6.45, 7) is 7.67. The Morgan fingerprint density at radius 1 is 1.17 bits per heavy atom. The van der Waals surface area contributed by atoms with Crippen LogP contribution in [0.15, 0.2) is 45.8 Å². The Kier molecular flexibility index (Phi) is 7.90. The highest BCUT2D eigenvalue weighted by atomic mass is 79.9. The second kappa shape index (κ2) is 9.80. The van der Waals surface area contributed by atoms with Gasteiger partial charge in [0.1, 0.15) is 0 Å². The number of ether oxygens (including phenoxy) is 2. The topological polar surface area (TPSA) is 93.7 Å². The molecule has 7 nitrogen and oxygen atoms in total. The van der Waals surface area contributed by atoms with Gasteiger partial charge in [0.25, 0.3) is 5.91 Å². The molecular formula is C21H27BrN2O5S. The second-order valence-electron chi connectivity index (χ2n) is 7.57. The molecule has 0 heterocycles. The van der Waals surface area contributed by atoms with E-state index in [0.29, 0.717) is 33.7 Å². The lowest BCUT2D eigenvalue weighted by Gasteiger charge is -2.21. The van der Waals surface area contributed by atoms with Crippen molar-refractivity contribution in [3.8, 4) is 11.5 Å². The summed E-state index contributed by atoms with van der Waals surface area (Å²) in [7, 11) is -2.24. The Morgan fingerprint density at radius 3 is 2.43 bits per heavy atom. The quantitative estimate of drug-likeness (QED) is 0.576. The van der Waals surface area contributed by atoms with Crippen LogP contribution in [0.3, 0.4) is 0 Å². The van der Waals surface area contributed by atoms with Crippen molar-refractivity contribution in [2.45, 2.75) is 44.7 Å². The van der Waals surface area contributed by atoms with Gasteiger partial charge in [-0.05, 0) is 67.4 Å². The molecule has 0 radical (unpaired) electrons. The van der Waals surface area contributed by atoms with E-state index in [1.807, 2.05) is 6.92 Å². The monoisotopic (exact) mass is 498 g/mol. The molecule has 0 bridgehead atoms. The number of halogens is 1. The van der Waals surface area contributed by atoms with E-state index in [1.165, 1.54) is 13.2 Å². The number of methoxy groups -OCH3 is 1. The van der Waals surface area contributed by atoms with E-state index in [-0.39, 0.29) is 17.3 Å². The highest BCUT2D eigenvalue weighted by Crippen LogP contribution is 2.36. The minimum absolute atomic E-state index is 0.0488. The van der Waals surface area contributed by atoms with Gasteiger partial charge in [-0.2, -0.15) is 0 Å². The number of carbonyl (C=O) groups is 1. The largest absolute Gasteiger partial charge is 0.493 e. The maximum Gasteiger partial charge on any atom is 0.251 e. The molecule has 2 aromatic rings. The van der Waals surface area contributed by atoms with E-state index in [9.17, 15) is 13.2 Å². The summed E-state index contributed by atoms with van der Waals surface area (Å²) >= 11 is 3.40. The lowest BCUT2D eigenvalue weighted by Crippen LogP contribution is -2.41. The summed E-state index contributed by atoms with van der Waals surface area (Å²) in [6.07, 6.45) is 0. The van der Waals surface area contributed by atoms with Crippen LogP contribution in [0, 0.1) is 0 Å². The molecule has 9 heteroatoms. The maximum atomic E-state index is 12.8. The standard InChI is InChI=1S/C21H27BrN2O5S/c1-6-29-19-16(22)11-15(12-17(19)28-5)20(25)23-13-14-9-7-8-10-18(14)30(26,27)24-21(2,3)4/h7-12,24H,6,13H2,1-5H3,(H,23,25). The van der Waals surface area contributed by atoms with Gasteiger partial charge in [0.15, 0.2) is 11.5 Å². The second-order valence-corrected chi connectivity index (χ2v) is 10.1. The fourth-order valence-corrected chi connectivity index (χ4v) is 5.00. The number of sulfonamides is 1. The molecule has 0 aliphatic carbocycles. The van der Waals surface area contributed by atoms with Gasteiger partial charge < -0.3 is 14.8 Å². The van der Waals surface area contributed by atoms with Crippen LogP contribution in [0.25, 0.3) is 0 Å². The normalized spacial score (nSPS) is 11.8. The SMILES string of the molecule is CCOc1c(Br)cc(C(=O)NCc2ccccc2S(=O)(=O)NC(C)(C)C)cc1OC. The Hall–Kier alpha value is -2.10. The fraction of sp³-hybridized carbons (Fsp3) is 0.381. The molecule has 0 saturated heterocycles. The van der Waals surface area contributed by atoms with Crippen LogP contribution in [0.5, 0.6) is 11.5 Å². The average molecular weight is 499 g/mol. The summed E-state index contributed by atoms with van der Waals surface area (Å²) in [5.41, 5.74) is 0.218. The van der Waals surface area contributed by atoms with E-state index in [4.69, 9.17) is 9.47 Å². The van der Waals surface area contributed by atoms with Crippen molar-refractivity contribution >= 4 is 31.9 Å². The van der Waals surface area contributed by atoms with Gasteiger partial charge in [0.05, 0.1) is 23.1 Å². The zero-order valence-corrected chi connectivity index (χ0v) is 20.1. The first kappa shape index (κ1) is 24.2. The highest BCUT2D eigenvalue weighted by molar-refractivity contribution is 9.10. The number of nitrogens with one attached hydrogen (secondary N) is 2. The van der Waals surface area contributed by atoms with Crippen molar-refractivity contribution in [3.05, 3.63) is 52.0 Å². The first-order valence-electron chi connectivity index (χ1n) is 9.39. The summed E-state index contributed by atoms with van der Waals surface area (Å²) in [5, 5.41) is 2.77. The smallest absolute Gasteiger partial charge is 0.251 e.